The minimum Gasteiger partial charge on any atom is -0.331 e. The quantitative estimate of drug-likeness (QED) is 0.477. The van der Waals surface area contributed by atoms with E-state index >= 15 is 0 Å². The Labute approximate surface area is 60.7 Å². The lowest BCUT2D eigenvalue weighted by Crippen LogP contribution is -1.93. The third-order valence-electron chi connectivity index (χ3n) is 0.516. The normalized spacial score (nSPS) is 9.44. The van der Waals surface area contributed by atoms with E-state index in [1.807, 2.05) is 18.4 Å². The standard InChI is InChI=1S/C7H11NS/c1-4-5-6-9-8-7(2)3/h4-6,8H,1-2H2,3H3/b6-5-. The average molecular weight is 141 g/mol. The van der Waals surface area contributed by atoms with Crippen LogP contribution in [0.3, 0.4) is 0 Å². The molecule has 0 aromatic heterocycles. The van der Waals surface area contributed by atoms with Crippen LogP contribution < -0.4 is 4.72 Å². The van der Waals surface area contributed by atoms with Crippen molar-refractivity contribution in [2.75, 3.05) is 0 Å². The second kappa shape index (κ2) is 5.51. The van der Waals surface area contributed by atoms with E-state index in [-0.39, 0.29) is 0 Å². The molecule has 0 aliphatic rings. The van der Waals surface area contributed by atoms with Crippen molar-refractivity contribution in [2.24, 2.45) is 0 Å². The number of hydrogen-bond donors (Lipinski definition) is 1. The third-order valence-corrected chi connectivity index (χ3v) is 1.28. The van der Waals surface area contributed by atoms with Gasteiger partial charge in [-0.25, -0.2) is 0 Å². The Bertz CT molecular complexity index is 127. The van der Waals surface area contributed by atoms with E-state index in [2.05, 4.69) is 17.9 Å². The van der Waals surface area contributed by atoms with Crippen LogP contribution in [0.1, 0.15) is 6.92 Å². The minimum atomic E-state index is 0.953. The highest BCUT2D eigenvalue weighted by molar-refractivity contribution is 8.00. The van der Waals surface area contributed by atoms with Gasteiger partial charge >= 0.3 is 0 Å². The van der Waals surface area contributed by atoms with Gasteiger partial charge in [0.25, 0.3) is 0 Å². The lowest BCUT2D eigenvalue weighted by Gasteiger charge is -1.95. The Morgan fingerprint density at radius 2 is 2.33 bits per heavy atom. The van der Waals surface area contributed by atoms with E-state index in [1.165, 1.54) is 11.9 Å². The van der Waals surface area contributed by atoms with Crippen LogP contribution in [0.25, 0.3) is 0 Å². The summed E-state index contributed by atoms with van der Waals surface area (Å²) in [7, 11) is 0. The molecule has 0 saturated carbocycles. The van der Waals surface area contributed by atoms with Crippen molar-refractivity contribution in [3.63, 3.8) is 0 Å². The number of hydrogen-bond acceptors (Lipinski definition) is 2. The molecule has 0 radical (unpaired) electrons. The molecule has 2 heteroatoms. The summed E-state index contributed by atoms with van der Waals surface area (Å²) in [5.41, 5.74) is 0.953. The smallest absolute Gasteiger partial charge is 0.0111 e. The molecule has 0 aliphatic heterocycles. The van der Waals surface area contributed by atoms with Gasteiger partial charge in [0.2, 0.25) is 0 Å². The lowest BCUT2D eigenvalue weighted by atomic mass is 10.6. The summed E-state index contributed by atoms with van der Waals surface area (Å²) in [6, 6.07) is 0. The van der Waals surface area contributed by atoms with Crippen LogP contribution >= 0.6 is 11.9 Å². The van der Waals surface area contributed by atoms with Gasteiger partial charge in [-0.1, -0.05) is 25.3 Å². The average Bonchev–Trinajstić information content (AvgIpc) is 1.80. The maximum atomic E-state index is 3.66. The summed E-state index contributed by atoms with van der Waals surface area (Å²) in [4.78, 5) is 0. The van der Waals surface area contributed by atoms with E-state index in [0.29, 0.717) is 0 Å². The maximum absolute atomic E-state index is 3.66. The van der Waals surface area contributed by atoms with Gasteiger partial charge in [0.15, 0.2) is 0 Å². The van der Waals surface area contributed by atoms with E-state index < -0.39 is 0 Å². The Hall–Kier alpha value is -0.630. The fourth-order valence-electron chi connectivity index (χ4n) is 0.229. The lowest BCUT2D eigenvalue weighted by molar-refractivity contribution is 1.23. The molecule has 1 nitrogen and oxygen atoms in total. The van der Waals surface area contributed by atoms with Crippen molar-refractivity contribution < 1.29 is 0 Å². The van der Waals surface area contributed by atoms with Crippen LogP contribution in [-0.2, 0) is 0 Å². The highest BCUT2D eigenvalue weighted by Crippen LogP contribution is 1.97. The van der Waals surface area contributed by atoms with Crippen LogP contribution in [0.4, 0.5) is 0 Å². The molecule has 0 rings (SSSR count). The molecule has 0 spiro atoms. The van der Waals surface area contributed by atoms with E-state index in [9.17, 15) is 0 Å². The number of nitrogens with one attached hydrogen (secondary N) is 1. The zero-order chi connectivity index (χ0) is 7.11. The molecule has 0 fully saturated rings. The Morgan fingerprint density at radius 1 is 1.67 bits per heavy atom. The van der Waals surface area contributed by atoms with Crippen molar-refractivity contribution in [2.45, 2.75) is 6.92 Å². The predicted octanol–water partition coefficient (Wildman–Crippen LogP) is 2.46. The monoisotopic (exact) mass is 141 g/mol. The van der Waals surface area contributed by atoms with Gasteiger partial charge in [-0.3, -0.25) is 0 Å². The first-order valence-electron chi connectivity index (χ1n) is 2.62. The first-order valence-corrected chi connectivity index (χ1v) is 3.50. The van der Waals surface area contributed by atoms with Crippen LogP contribution in [0, 0.1) is 0 Å². The summed E-state index contributed by atoms with van der Waals surface area (Å²) in [6.07, 6.45) is 3.59. The molecule has 0 aromatic rings. The maximum Gasteiger partial charge on any atom is 0.0111 e. The van der Waals surface area contributed by atoms with E-state index in [4.69, 9.17) is 0 Å². The molecule has 0 unspecified atom stereocenters. The molecule has 0 bridgehead atoms. The molecule has 0 amide bonds. The highest BCUT2D eigenvalue weighted by Gasteiger charge is 1.76. The van der Waals surface area contributed by atoms with Crippen LogP contribution in [0.2, 0.25) is 0 Å². The van der Waals surface area contributed by atoms with Crippen molar-refractivity contribution in [1.82, 2.24) is 4.72 Å². The third kappa shape index (κ3) is 7.37. The van der Waals surface area contributed by atoms with Gasteiger partial charge in [0.1, 0.15) is 0 Å². The summed E-state index contributed by atoms with van der Waals surface area (Å²) in [6.45, 7) is 9.10. The molecule has 0 aliphatic carbocycles. The summed E-state index contributed by atoms with van der Waals surface area (Å²) in [5.74, 6) is 0. The van der Waals surface area contributed by atoms with Crippen molar-refractivity contribution in [1.29, 1.82) is 0 Å². The van der Waals surface area contributed by atoms with Crippen molar-refractivity contribution in [3.05, 3.63) is 36.4 Å². The van der Waals surface area contributed by atoms with Crippen LogP contribution in [-0.4, -0.2) is 0 Å². The first kappa shape index (κ1) is 8.37. The van der Waals surface area contributed by atoms with Gasteiger partial charge < -0.3 is 4.72 Å². The molecule has 9 heavy (non-hydrogen) atoms. The fraction of sp³-hybridized carbons (Fsp3) is 0.143. The molecular weight excluding hydrogens is 130 g/mol. The van der Waals surface area contributed by atoms with Gasteiger partial charge in [0, 0.05) is 5.70 Å². The SMILES string of the molecule is C=C/C=C\SNC(=C)C. The van der Waals surface area contributed by atoms with Crippen LogP contribution in [0.15, 0.2) is 36.4 Å². The number of rotatable bonds is 4. The summed E-state index contributed by atoms with van der Waals surface area (Å²) < 4.78 is 2.97. The molecular formula is C7H11NS. The fourth-order valence-corrected chi connectivity index (χ4v) is 0.688. The summed E-state index contributed by atoms with van der Waals surface area (Å²) >= 11 is 1.48. The van der Waals surface area contributed by atoms with E-state index in [1.54, 1.807) is 6.08 Å². The first-order chi connectivity index (χ1) is 4.27. The molecule has 1 N–H and O–H groups in total. The Kier molecular flexibility index (Phi) is 5.12. The van der Waals surface area contributed by atoms with Gasteiger partial charge in [-0.15, -0.1) is 0 Å². The van der Waals surface area contributed by atoms with Gasteiger partial charge in [0.05, 0.1) is 0 Å². The predicted molar refractivity (Wildman–Crippen MR) is 44.9 cm³/mol. The number of allylic oxidation sites excluding steroid dienone is 3. The topological polar surface area (TPSA) is 12.0 Å². The Balaban J connectivity index is 3.19. The van der Waals surface area contributed by atoms with Gasteiger partial charge in [-0.2, -0.15) is 0 Å². The second-order valence-corrected chi connectivity index (χ2v) is 2.28. The minimum absolute atomic E-state index is 0.953. The zero-order valence-corrected chi connectivity index (χ0v) is 6.37. The zero-order valence-electron chi connectivity index (χ0n) is 5.55. The van der Waals surface area contributed by atoms with Crippen molar-refractivity contribution in [3.8, 4) is 0 Å². The molecule has 50 valence electrons. The second-order valence-electron chi connectivity index (χ2n) is 1.56. The molecule has 0 atom stereocenters. The molecule has 0 saturated heterocycles. The molecule has 0 aromatic carbocycles. The van der Waals surface area contributed by atoms with Crippen LogP contribution in [0.5, 0.6) is 0 Å². The van der Waals surface area contributed by atoms with Gasteiger partial charge in [-0.05, 0) is 24.3 Å². The largest absolute Gasteiger partial charge is 0.331 e. The highest BCUT2D eigenvalue weighted by atomic mass is 32.2. The van der Waals surface area contributed by atoms with Crippen molar-refractivity contribution >= 4 is 11.9 Å². The van der Waals surface area contributed by atoms with E-state index in [0.717, 1.165) is 5.70 Å². The summed E-state index contributed by atoms with van der Waals surface area (Å²) in [5, 5.41) is 1.90. The Morgan fingerprint density at radius 3 is 2.78 bits per heavy atom. The molecule has 0 heterocycles.